The highest BCUT2D eigenvalue weighted by molar-refractivity contribution is 6.01. The number of carboxylic acids is 1. The summed E-state index contributed by atoms with van der Waals surface area (Å²) < 4.78 is 20.8. The van der Waals surface area contributed by atoms with Gasteiger partial charge in [-0.25, -0.2) is 18.7 Å². The van der Waals surface area contributed by atoms with Crippen LogP contribution in [0.15, 0.2) is 36.5 Å². The lowest BCUT2D eigenvalue weighted by Crippen LogP contribution is -2.36. The minimum atomic E-state index is -1.19. The maximum absolute atomic E-state index is 14.1. The van der Waals surface area contributed by atoms with E-state index in [1.165, 1.54) is 16.6 Å². The van der Waals surface area contributed by atoms with Gasteiger partial charge in [0.1, 0.15) is 22.9 Å². The van der Waals surface area contributed by atoms with Gasteiger partial charge in [0.2, 0.25) is 0 Å². The lowest BCUT2D eigenvalue weighted by Gasteiger charge is -2.27. The van der Waals surface area contributed by atoms with E-state index in [2.05, 4.69) is 10.1 Å². The molecular formula is C17H15FN4O3. The predicted molar refractivity (Wildman–Crippen MR) is 88.4 cm³/mol. The molecule has 1 saturated heterocycles. The van der Waals surface area contributed by atoms with Crippen LogP contribution in [0.3, 0.4) is 0 Å². The van der Waals surface area contributed by atoms with Gasteiger partial charge in [-0.2, -0.15) is 5.10 Å². The Morgan fingerprint density at radius 1 is 1.20 bits per heavy atom. The molecule has 1 fully saturated rings. The molecule has 25 heavy (non-hydrogen) atoms. The van der Waals surface area contributed by atoms with Crippen LogP contribution in [0, 0.1) is 5.82 Å². The van der Waals surface area contributed by atoms with E-state index >= 15 is 0 Å². The zero-order chi connectivity index (χ0) is 17.4. The molecule has 0 radical (unpaired) electrons. The summed E-state index contributed by atoms with van der Waals surface area (Å²) in [6, 6.07) is 7.73. The molecule has 3 aromatic rings. The first-order chi connectivity index (χ1) is 12.1. The van der Waals surface area contributed by atoms with Crippen molar-refractivity contribution in [3.05, 3.63) is 47.9 Å². The van der Waals surface area contributed by atoms with Crippen LogP contribution in [0.2, 0.25) is 0 Å². The number of aromatic nitrogens is 3. The molecule has 0 bridgehead atoms. The maximum Gasteiger partial charge on any atom is 0.341 e. The Hall–Kier alpha value is -3.00. The number of anilines is 1. The minimum absolute atomic E-state index is 0.0669. The van der Waals surface area contributed by atoms with Crippen LogP contribution in [-0.4, -0.2) is 52.0 Å². The summed E-state index contributed by atoms with van der Waals surface area (Å²) in [5, 5.41) is 13.9. The van der Waals surface area contributed by atoms with Crippen molar-refractivity contribution < 1.29 is 19.0 Å². The molecule has 0 aliphatic carbocycles. The Morgan fingerprint density at radius 2 is 1.96 bits per heavy atom. The van der Waals surface area contributed by atoms with Crippen LogP contribution in [0.5, 0.6) is 0 Å². The van der Waals surface area contributed by atoms with Crippen LogP contribution in [0.25, 0.3) is 16.9 Å². The van der Waals surface area contributed by atoms with Crippen molar-refractivity contribution in [2.24, 2.45) is 0 Å². The van der Waals surface area contributed by atoms with Gasteiger partial charge in [0.05, 0.1) is 13.2 Å². The SMILES string of the molecule is O=C(O)c1c(-c2ccccc2F)nn2ccc(N3CCOCC3)nc12. The zero-order valence-electron chi connectivity index (χ0n) is 13.2. The van der Waals surface area contributed by atoms with Crippen LogP contribution in [0.1, 0.15) is 10.4 Å². The number of benzene rings is 1. The molecule has 0 atom stereocenters. The highest BCUT2D eigenvalue weighted by Gasteiger charge is 2.24. The second-order valence-electron chi connectivity index (χ2n) is 5.66. The van der Waals surface area contributed by atoms with Crippen molar-refractivity contribution in [3.8, 4) is 11.3 Å². The number of hydrogen-bond donors (Lipinski definition) is 1. The number of carbonyl (C=O) groups is 1. The van der Waals surface area contributed by atoms with E-state index in [9.17, 15) is 14.3 Å². The second kappa shape index (κ2) is 6.14. The number of halogens is 1. The van der Waals surface area contributed by atoms with Gasteiger partial charge in [-0.1, -0.05) is 12.1 Å². The zero-order valence-corrected chi connectivity index (χ0v) is 13.2. The van der Waals surface area contributed by atoms with Crippen molar-refractivity contribution in [2.75, 3.05) is 31.2 Å². The Bertz CT molecular complexity index is 950. The number of morpholine rings is 1. The summed E-state index contributed by atoms with van der Waals surface area (Å²) in [5.74, 6) is -1.07. The van der Waals surface area contributed by atoms with Gasteiger partial charge >= 0.3 is 5.97 Å². The largest absolute Gasteiger partial charge is 0.477 e. The van der Waals surface area contributed by atoms with Crippen molar-refractivity contribution in [1.29, 1.82) is 0 Å². The van der Waals surface area contributed by atoms with E-state index in [-0.39, 0.29) is 22.5 Å². The number of aromatic carboxylic acids is 1. The van der Waals surface area contributed by atoms with Crippen LogP contribution in [0.4, 0.5) is 10.2 Å². The smallest absolute Gasteiger partial charge is 0.341 e. The first-order valence-corrected chi connectivity index (χ1v) is 7.85. The van der Waals surface area contributed by atoms with E-state index in [0.29, 0.717) is 32.1 Å². The predicted octanol–water partition coefficient (Wildman–Crippen LogP) is 2.07. The molecule has 0 unspecified atom stereocenters. The minimum Gasteiger partial charge on any atom is -0.477 e. The Labute approximate surface area is 142 Å². The molecule has 8 heteroatoms. The average Bonchev–Trinajstić information content (AvgIpc) is 3.01. The summed E-state index contributed by atoms with van der Waals surface area (Å²) in [5.41, 5.74) is 0.283. The van der Waals surface area contributed by atoms with Gasteiger partial charge in [0.15, 0.2) is 5.65 Å². The number of hydrogen-bond acceptors (Lipinski definition) is 5. The molecule has 2 aromatic heterocycles. The second-order valence-corrected chi connectivity index (χ2v) is 5.66. The molecular weight excluding hydrogens is 327 g/mol. The fourth-order valence-corrected chi connectivity index (χ4v) is 2.93. The van der Waals surface area contributed by atoms with Gasteiger partial charge in [-0.05, 0) is 18.2 Å². The topological polar surface area (TPSA) is 80.0 Å². The Kier molecular flexibility index (Phi) is 3.81. The number of fused-ring (bicyclic) bond motifs is 1. The lowest BCUT2D eigenvalue weighted by atomic mass is 10.1. The van der Waals surface area contributed by atoms with E-state index in [1.54, 1.807) is 24.4 Å². The molecule has 1 N–H and O–H groups in total. The van der Waals surface area contributed by atoms with E-state index in [1.807, 2.05) is 4.90 Å². The summed E-state index contributed by atoms with van der Waals surface area (Å²) in [6.07, 6.45) is 1.64. The molecule has 0 spiro atoms. The molecule has 1 aliphatic heterocycles. The molecule has 1 aliphatic rings. The highest BCUT2D eigenvalue weighted by Crippen LogP contribution is 2.28. The van der Waals surface area contributed by atoms with Gasteiger partial charge in [-0.3, -0.25) is 0 Å². The van der Waals surface area contributed by atoms with E-state index < -0.39 is 11.8 Å². The Morgan fingerprint density at radius 3 is 2.68 bits per heavy atom. The van der Waals surface area contributed by atoms with Crippen LogP contribution < -0.4 is 4.90 Å². The van der Waals surface area contributed by atoms with Crippen molar-refractivity contribution >= 4 is 17.4 Å². The third kappa shape index (κ3) is 2.70. The third-order valence-corrected chi connectivity index (χ3v) is 4.15. The summed E-state index contributed by atoms with van der Waals surface area (Å²) in [4.78, 5) is 18.3. The quantitative estimate of drug-likeness (QED) is 0.785. The normalized spacial score (nSPS) is 14.8. The molecule has 1 aromatic carbocycles. The number of carboxylic acid groups (broad SMARTS) is 1. The number of nitrogens with zero attached hydrogens (tertiary/aromatic N) is 4. The fourth-order valence-electron chi connectivity index (χ4n) is 2.93. The third-order valence-electron chi connectivity index (χ3n) is 4.15. The van der Waals surface area contributed by atoms with Gasteiger partial charge in [0.25, 0.3) is 0 Å². The first kappa shape index (κ1) is 15.5. The molecule has 128 valence electrons. The standard InChI is InChI=1S/C17H15FN4O3/c18-12-4-2-1-3-11(12)15-14(17(23)24)16-19-13(5-6-22(16)20-15)21-7-9-25-10-8-21/h1-6H,7-10H2,(H,23,24). The first-order valence-electron chi connectivity index (χ1n) is 7.85. The lowest BCUT2D eigenvalue weighted by molar-refractivity contribution is 0.0699. The van der Waals surface area contributed by atoms with E-state index in [0.717, 1.165) is 0 Å². The van der Waals surface area contributed by atoms with Gasteiger partial charge < -0.3 is 14.7 Å². The maximum atomic E-state index is 14.1. The van der Waals surface area contributed by atoms with Gasteiger partial charge in [0, 0.05) is 24.8 Å². The van der Waals surface area contributed by atoms with Crippen molar-refractivity contribution in [1.82, 2.24) is 14.6 Å². The highest BCUT2D eigenvalue weighted by atomic mass is 19.1. The van der Waals surface area contributed by atoms with Crippen molar-refractivity contribution in [2.45, 2.75) is 0 Å². The Balaban J connectivity index is 1.89. The molecule has 4 rings (SSSR count). The molecule has 7 nitrogen and oxygen atoms in total. The summed E-state index contributed by atoms with van der Waals surface area (Å²) >= 11 is 0. The summed E-state index contributed by atoms with van der Waals surface area (Å²) in [6.45, 7) is 2.55. The van der Waals surface area contributed by atoms with Gasteiger partial charge in [-0.15, -0.1) is 0 Å². The van der Waals surface area contributed by atoms with Crippen LogP contribution >= 0.6 is 0 Å². The monoisotopic (exact) mass is 342 g/mol. The summed E-state index contributed by atoms with van der Waals surface area (Å²) in [7, 11) is 0. The number of ether oxygens (including phenoxy) is 1. The molecule has 3 heterocycles. The fraction of sp³-hybridized carbons (Fsp3) is 0.235. The molecule has 0 amide bonds. The van der Waals surface area contributed by atoms with Crippen LogP contribution in [-0.2, 0) is 4.74 Å². The van der Waals surface area contributed by atoms with E-state index in [4.69, 9.17) is 4.74 Å². The van der Waals surface area contributed by atoms with Crippen molar-refractivity contribution in [3.63, 3.8) is 0 Å². The number of rotatable bonds is 3. The molecule has 0 saturated carbocycles. The average molecular weight is 342 g/mol.